The zero-order valence-corrected chi connectivity index (χ0v) is 18.7. The Balaban J connectivity index is 1.73. The van der Waals surface area contributed by atoms with Gasteiger partial charge in [-0.25, -0.2) is 0 Å². The summed E-state index contributed by atoms with van der Waals surface area (Å²) < 4.78 is 0. The van der Waals surface area contributed by atoms with E-state index in [0.29, 0.717) is 6.54 Å². The molecule has 2 amide bonds. The van der Waals surface area contributed by atoms with Crippen LogP contribution in [0.5, 0.6) is 0 Å². The van der Waals surface area contributed by atoms with Crippen molar-refractivity contribution in [1.82, 2.24) is 15.5 Å². The minimum atomic E-state index is -0.326. The number of nitrogens with one attached hydrogen (secondary N) is 2. The topological polar surface area (TPSA) is 61.4 Å². The second kappa shape index (κ2) is 8.83. The summed E-state index contributed by atoms with van der Waals surface area (Å²) in [5, 5.41) is 6.41. The third-order valence-electron chi connectivity index (χ3n) is 6.80. The van der Waals surface area contributed by atoms with Gasteiger partial charge in [-0.15, -0.1) is 0 Å². The Morgan fingerprint density at radius 3 is 2.52 bits per heavy atom. The van der Waals surface area contributed by atoms with E-state index in [2.05, 4.69) is 58.0 Å². The van der Waals surface area contributed by atoms with E-state index in [0.717, 1.165) is 31.5 Å². The van der Waals surface area contributed by atoms with Crippen LogP contribution in [0.25, 0.3) is 0 Å². The van der Waals surface area contributed by atoms with Crippen molar-refractivity contribution >= 4 is 11.8 Å². The van der Waals surface area contributed by atoms with E-state index in [4.69, 9.17) is 0 Å². The van der Waals surface area contributed by atoms with Gasteiger partial charge in [0.25, 0.3) is 0 Å². The van der Waals surface area contributed by atoms with E-state index in [1.54, 1.807) is 6.92 Å². The number of hydrogen-bond donors (Lipinski definition) is 2. The summed E-state index contributed by atoms with van der Waals surface area (Å²) in [6.45, 7) is 7.88. The molecule has 1 aliphatic carbocycles. The van der Waals surface area contributed by atoms with Crippen molar-refractivity contribution in [3.8, 4) is 0 Å². The molecule has 1 saturated heterocycles. The van der Waals surface area contributed by atoms with Crippen LogP contribution in [-0.4, -0.2) is 35.8 Å². The van der Waals surface area contributed by atoms with Crippen molar-refractivity contribution in [3.05, 3.63) is 71.3 Å². The molecule has 0 radical (unpaired) electrons. The lowest BCUT2D eigenvalue weighted by molar-refractivity contribution is -0.131. The van der Waals surface area contributed by atoms with Crippen LogP contribution < -0.4 is 10.6 Å². The maximum Gasteiger partial charge on any atom is 0.225 e. The molecule has 4 rings (SSSR count). The summed E-state index contributed by atoms with van der Waals surface area (Å²) in [5.41, 5.74) is 3.35. The lowest BCUT2D eigenvalue weighted by atomic mass is 9.62. The summed E-state index contributed by atoms with van der Waals surface area (Å²) in [5.74, 6) is -0.130. The molecule has 1 spiro atoms. The van der Waals surface area contributed by atoms with Gasteiger partial charge in [0.15, 0.2) is 0 Å². The quantitative estimate of drug-likeness (QED) is 0.780. The van der Waals surface area contributed by atoms with Crippen LogP contribution >= 0.6 is 0 Å². The number of rotatable bonds is 5. The fourth-order valence-electron chi connectivity index (χ4n) is 5.56. The van der Waals surface area contributed by atoms with Crippen LogP contribution in [0.3, 0.4) is 0 Å². The van der Waals surface area contributed by atoms with Crippen molar-refractivity contribution in [2.24, 2.45) is 11.3 Å². The largest absolute Gasteiger partial charge is 0.354 e. The average molecular weight is 420 g/mol. The van der Waals surface area contributed by atoms with Gasteiger partial charge in [-0.2, -0.15) is 0 Å². The first-order chi connectivity index (χ1) is 14.9. The monoisotopic (exact) mass is 419 g/mol. The molecule has 2 aliphatic rings. The summed E-state index contributed by atoms with van der Waals surface area (Å²) in [7, 11) is 0. The third kappa shape index (κ3) is 4.38. The van der Waals surface area contributed by atoms with Crippen LogP contribution in [0.1, 0.15) is 49.9 Å². The predicted octanol–water partition coefficient (Wildman–Crippen LogP) is 3.45. The first-order valence-electron chi connectivity index (χ1n) is 11.3. The summed E-state index contributed by atoms with van der Waals surface area (Å²) in [6, 6.07) is 18.7. The second-order valence-electron chi connectivity index (χ2n) is 9.44. The second-order valence-corrected chi connectivity index (χ2v) is 9.44. The minimum Gasteiger partial charge on any atom is -0.354 e. The van der Waals surface area contributed by atoms with Gasteiger partial charge in [0.1, 0.15) is 0 Å². The van der Waals surface area contributed by atoms with Crippen LogP contribution in [0, 0.1) is 11.3 Å². The third-order valence-corrected chi connectivity index (χ3v) is 6.80. The standard InChI is InChI=1S/C26H33N3O2/c1-18(2)27-25(31)23-16-29(15-20-9-5-4-6-10-20)17-26(23)14-13-21-11-7-8-12-22(21)24(26)28-19(3)30/h4-12,18,23-24H,13-17H2,1-3H3,(H,27,31)(H,28,30)/t23-,24-,26-/m1/s1. The van der Waals surface area contributed by atoms with Gasteiger partial charge in [0.2, 0.25) is 11.8 Å². The highest BCUT2D eigenvalue weighted by Crippen LogP contribution is 2.53. The smallest absolute Gasteiger partial charge is 0.225 e. The fraction of sp³-hybridized carbons (Fsp3) is 0.462. The fourth-order valence-corrected chi connectivity index (χ4v) is 5.56. The number of carbonyl (C=O) groups excluding carboxylic acids is 2. The SMILES string of the molecule is CC(=O)N[C@@H]1c2ccccc2CC[C@]12CN(Cc1ccccc1)C[C@@H]2C(=O)NC(C)C. The number of benzene rings is 2. The number of aryl methyl sites for hydroxylation is 1. The van der Waals surface area contributed by atoms with E-state index in [1.807, 2.05) is 26.0 Å². The number of likely N-dealkylation sites (tertiary alicyclic amines) is 1. The van der Waals surface area contributed by atoms with E-state index < -0.39 is 0 Å². The highest BCUT2D eigenvalue weighted by Gasteiger charge is 2.56. The molecule has 0 unspecified atom stereocenters. The highest BCUT2D eigenvalue weighted by molar-refractivity contribution is 5.81. The Morgan fingerprint density at radius 1 is 1.10 bits per heavy atom. The predicted molar refractivity (Wildman–Crippen MR) is 122 cm³/mol. The average Bonchev–Trinajstić information content (AvgIpc) is 3.09. The van der Waals surface area contributed by atoms with Crippen LogP contribution in [0.15, 0.2) is 54.6 Å². The van der Waals surface area contributed by atoms with Crippen LogP contribution in [0.2, 0.25) is 0 Å². The molecule has 2 aromatic rings. The highest BCUT2D eigenvalue weighted by atomic mass is 16.2. The molecule has 0 saturated carbocycles. The van der Waals surface area contributed by atoms with E-state index in [1.165, 1.54) is 11.1 Å². The molecule has 5 nitrogen and oxygen atoms in total. The summed E-state index contributed by atoms with van der Waals surface area (Å²) >= 11 is 0. The molecular weight excluding hydrogens is 386 g/mol. The molecule has 0 aromatic heterocycles. The van der Waals surface area contributed by atoms with Crippen molar-refractivity contribution in [3.63, 3.8) is 0 Å². The number of fused-ring (bicyclic) bond motifs is 1. The lowest BCUT2D eigenvalue weighted by Gasteiger charge is -2.46. The van der Waals surface area contributed by atoms with Crippen LogP contribution in [0.4, 0.5) is 0 Å². The Kier molecular flexibility index (Phi) is 6.15. The molecule has 5 heteroatoms. The van der Waals surface area contributed by atoms with Gasteiger partial charge < -0.3 is 10.6 Å². The van der Waals surface area contributed by atoms with E-state index in [-0.39, 0.29) is 35.2 Å². The maximum atomic E-state index is 13.4. The molecule has 164 valence electrons. The summed E-state index contributed by atoms with van der Waals surface area (Å²) in [4.78, 5) is 28.1. The van der Waals surface area contributed by atoms with Gasteiger partial charge >= 0.3 is 0 Å². The lowest BCUT2D eigenvalue weighted by Crippen LogP contribution is -2.52. The molecule has 1 aliphatic heterocycles. The van der Waals surface area contributed by atoms with Gasteiger partial charge in [-0.1, -0.05) is 54.6 Å². The van der Waals surface area contributed by atoms with Gasteiger partial charge in [-0.05, 0) is 43.4 Å². The Morgan fingerprint density at radius 2 is 1.81 bits per heavy atom. The zero-order valence-electron chi connectivity index (χ0n) is 18.7. The first kappa shape index (κ1) is 21.6. The van der Waals surface area contributed by atoms with E-state index >= 15 is 0 Å². The maximum absolute atomic E-state index is 13.4. The minimum absolute atomic E-state index is 0.0504. The molecule has 0 bridgehead atoms. The number of carbonyl (C=O) groups is 2. The Labute approximate surface area is 185 Å². The Bertz CT molecular complexity index is 943. The molecule has 2 aromatic carbocycles. The molecular formula is C26H33N3O2. The van der Waals surface area contributed by atoms with Crippen molar-refractivity contribution in [2.45, 2.75) is 52.2 Å². The molecule has 2 N–H and O–H groups in total. The normalized spacial score (nSPS) is 25.4. The van der Waals surface area contributed by atoms with Crippen molar-refractivity contribution in [2.75, 3.05) is 13.1 Å². The summed E-state index contributed by atoms with van der Waals surface area (Å²) in [6.07, 6.45) is 1.81. The molecule has 1 fully saturated rings. The van der Waals surface area contributed by atoms with Crippen molar-refractivity contribution < 1.29 is 9.59 Å². The first-order valence-corrected chi connectivity index (χ1v) is 11.3. The van der Waals surface area contributed by atoms with Gasteiger partial charge in [0, 0.05) is 38.0 Å². The van der Waals surface area contributed by atoms with Crippen molar-refractivity contribution in [1.29, 1.82) is 0 Å². The van der Waals surface area contributed by atoms with E-state index in [9.17, 15) is 9.59 Å². The molecule has 3 atom stereocenters. The zero-order chi connectivity index (χ0) is 22.0. The molecule has 31 heavy (non-hydrogen) atoms. The number of amides is 2. The van der Waals surface area contributed by atoms with Gasteiger partial charge in [0.05, 0.1) is 12.0 Å². The van der Waals surface area contributed by atoms with Gasteiger partial charge in [-0.3, -0.25) is 14.5 Å². The number of nitrogens with zero attached hydrogens (tertiary/aromatic N) is 1. The molecule has 1 heterocycles. The Hall–Kier alpha value is -2.66. The van der Waals surface area contributed by atoms with Crippen LogP contribution in [-0.2, 0) is 22.6 Å². The number of hydrogen-bond acceptors (Lipinski definition) is 3.